The van der Waals surface area contributed by atoms with Crippen LogP contribution in [0.4, 0.5) is 5.69 Å². The molecule has 0 saturated heterocycles. The highest BCUT2D eigenvalue weighted by atomic mass is 35.5. The maximum Gasteiger partial charge on any atom is 0.261 e. The minimum absolute atomic E-state index is 0.150. The zero-order valence-corrected chi connectivity index (χ0v) is 16.7. The summed E-state index contributed by atoms with van der Waals surface area (Å²) in [6.45, 7) is 1.83. The van der Waals surface area contributed by atoms with Crippen LogP contribution in [-0.4, -0.2) is 14.3 Å². The molecule has 3 rings (SSSR count). The Kier molecular flexibility index (Phi) is 6.02. The number of benzene rings is 3. The van der Waals surface area contributed by atoms with Crippen LogP contribution in [0.15, 0.2) is 83.8 Å². The first-order chi connectivity index (χ1) is 13.4. The highest BCUT2D eigenvalue weighted by molar-refractivity contribution is 7.92. The molecule has 0 saturated carbocycles. The zero-order valence-electron chi connectivity index (χ0n) is 15.1. The van der Waals surface area contributed by atoms with Gasteiger partial charge < -0.3 is 5.32 Å². The average Bonchev–Trinajstić information content (AvgIpc) is 2.69. The van der Waals surface area contributed by atoms with Gasteiger partial charge in [0.15, 0.2) is 0 Å². The lowest BCUT2D eigenvalue weighted by Crippen LogP contribution is -2.27. The maximum atomic E-state index is 12.6. The van der Waals surface area contributed by atoms with Gasteiger partial charge in [0, 0.05) is 16.3 Å². The van der Waals surface area contributed by atoms with Crippen molar-refractivity contribution in [1.29, 1.82) is 0 Å². The third-order valence-electron chi connectivity index (χ3n) is 4.15. The number of anilines is 1. The molecule has 144 valence electrons. The number of carbonyl (C=O) groups excluding carboxylic acids is 1. The van der Waals surface area contributed by atoms with E-state index in [1.807, 2.05) is 25.1 Å². The molecule has 3 aromatic rings. The Morgan fingerprint density at radius 2 is 1.61 bits per heavy atom. The predicted octanol–water partition coefficient (Wildman–Crippen LogP) is 4.63. The minimum Gasteiger partial charge on any atom is -0.345 e. The first kappa shape index (κ1) is 19.9. The fourth-order valence-corrected chi connectivity index (χ4v) is 4.09. The molecule has 1 unspecified atom stereocenters. The highest BCUT2D eigenvalue weighted by Crippen LogP contribution is 2.23. The van der Waals surface area contributed by atoms with Gasteiger partial charge in [-0.2, -0.15) is 0 Å². The molecule has 0 aliphatic rings. The summed E-state index contributed by atoms with van der Waals surface area (Å²) in [5.74, 6) is -0.326. The predicted molar refractivity (Wildman–Crippen MR) is 111 cm³/mol. The van der Waals surface area contributed by atoms with Gasteiger partial charge in [-0.25, -0.2) is 8.42 Å². The number of halogens is 1. The molecule has 28 heavy (non-hydrogen) atoms. The Morgan fingerprint density at radius 3 is 2.32 bits per heavy atom. The normalized spacial score (nSPS) is 12.2. The Balaban J connectivity index is 1.76. The standard InChI is InChI=1S/C21H19ClN2O3S/c1-15(19-12-5-6-13-20(19)22)23-21(25)16-8-7-9-17(14-16)24-28(26,27)18-10-3-2-4-11-18/h2-15,24H,1H3,(H,23,25). The third kappa shape index (κ3) is 4.71. The van der Waals surface area contributed by atoms with Gasteiger partial charge in [-0.15, -0.1) is 0 Å². The summed E-state index contributed by atoms with van der Waals surface area (Å²) in [7, 11) is -3.73. The molecule has 0 radical (unpaired) electrons. The Morgan fingerprint density at radius 1 is 0.929 bits per heavy atom. The molecular formula is C21H19ClN2O3S. The summed E-state index contributed by atoms with van der Waals surface area (Å²) in [5, 5.41) is 3.44. The van der Waals surface area contributed by atoms with Crippen molar-refractivity contribution in [2.75, 3.05) is 4.72 Å². The van der Waals surface area contributed by atoms with Gasteiger partial charge in [0.25, 0.3) is 15.9 Å². The number of hydrogen-bond acceptors (Lipinski definition) is 3. The molecule has 2 N–H and O–H groups in total. The number of carbonyl (C=O) groups is 1. The van der Waals surface area contributed by atoms with Crippen LogP contribution in [0.3, 0.4) is 0 Å². The van der Waals surface area contributed by atoms with Gasteiger partial charge >= 0.3 is 0 Å². The second-order valence-corrected chi connectivity index (χ2v) is 8.31. The molecule has 0 heterocycles. The lowest BCUT2D eigenvalue weighted by molar-refractivity contribution is 0.0940. The Hall–Kier alpha value is -2.83. The largest absolute Gasteiger partial charge is 0.345 e. The molecule has 5 nitrogen and oxygen atoms in total. The number of rotatable bonds is 6. The van der Waals surface area contributed by atoms with E-state index in [1.54, 1.807) is 42.5 Å². The summed E-state index contributed by atoms with van der Waals surface area (Å²) in [4.78, 5) is 12.7. The van der Waals surface area contributed by atoms with E-state index in [2.05, 4.69) is 10.0 Å². The first-order valence-electron chi connectivity index (χ1n) is 8.60. The summed E-state index contributed by atoms with van der Waals surface area (Å²) in [6, 6.07) is 21.4. The van der Waals surface area contributed by atoms with E-state index in [9.17, 15) is 13.2 Å². The Labute approximate surface area is 169 Å². The van der Waals surface area contributed by atoms with Gasteiger partial charge in [0.05, 0.1) is 10.9 Å². The monoisotopic (exact) mass is 414 g/mol. The number of nitrogens with one attached hydrogen (secondary N) is 2. The van der Waals surface area contributed by atoms with Crippen LogP contribution < -0.4 is 10.0 Å². The molecule has 0 aromatic heterocycles. The number of sulfonamides is 1. The molecule has 0 aliphatic heterocycles. The molecule has 0 spiro atoms. The third-order valence-corrected chi connectivity index (χ3v) is 5.89. The molecule has 0 fully saturated rings. The second kappa shape index (κ2) is 8.46. The fraction of sp³-hybridized carbons (Fsp3) is 0.0952. The van der Waals surface area contributed by atoms with E-state index in [0.29, 0.717) is 16.3 Å². The first-order valence-corrected chi connectivity index (χ1v) is 10.5. The Bertz CT molecular complexity index is 1090. The van der Waals surface area contributed by atoms with E-state index < -0.39 is 10.0 Å². The lowest BCUT2D eigenvalue weighted by atomic mass is 10.1. The summed E-state index contributed by atoms with van der Waals surface area (Å²) in [6.07, 6.45) is 0. The summed E-state index contributed by atoms with van der Waals surface area (Å²) < 4.78 is 27.4. The van der Waals surface area contributed by atoms with Crippen LogP contribution >= 0.6 is 11.6 Å². The van der Waals surface area contributed by atoms with Gasteiger partial charge in [-0.1, -0.05) is 54.1 Å². The van der Waals surface area contributed by atoms with E-state index in [0.717, 1.165) is 5.56 Å². The van der Waals surface area contributed by atoms with Crippen LogP contribution in [0.1, 0.15) is 28.9 Å². The van der Waals surface area contributed by atoms with Crippen LogP contribution in [0.25, 0.3) is 0 Å². The van der Waals surface area contributed by atoms with E-state index in [4.69, 9.17) is 11.6 Å². The fourth-order valence-electron chi connectivity index (χ4n) is 2.72. The maximum absolute atomic E-state index is 12.6. The molecule has 0 aliphatic carbocycles. The van der Waals surface area contributed by atoms with Crippen molar-refractivity contribution in [2.24, 2.45) is 0 Å². The average molecular weight is 415 g/mol. The number of hydrogen-bond donors (Lipinski definition) is 2. The summed E-state index contributed by atoms with van der Waals surface area (Å²) >= 11 is 6.18. The zero-order chi connectivity index (χ0) is 20.1. The van der Waals surface area contributed by atoms with Crippen molar-refractivity contribution in [3.63, 3.8) is 0 Å². The number of amides is 1. The topological polar surface area (TPSA) is 75.3 Å². The van der Waals surface area contributed by atoms with Crippen LogP contribution in [0.5, 0.6) is 0 Å². The van der Waals surface area contributed by atoms with Crippen molar-refractivity contribution in [3.05, 3.63) is 95.0 Å². The van der Waals surface area contributed by atoms with E-state index >= 15 is 0 Å². The SMILES string of the molecule is CC(NC(=O)c1cccc(NS(=O)(=O)c2ccccc2)c1)c1ccccc1Cl. The van der Waals surface area contributed by atoms with Crippen LogP contribution in [0, 0.1) is 0 Å². The molecule has 0 bridgehead atoms. The lowest BCUT2D eigenvalue weighted by Gasteiger charge is -2.16. The highest BCUT2D eigenvalue weighted by Gasteiger charge is 2.16. The van der Waals surface area contributed by atoms with Gasteiger partial charge in [-0.3, -0.25) is 9.52 Å². The molecule has 7 heteroatoms. The van der Waals surface area contributed by atoms with Crippen molar-refractivity contribution in [3.8, 4) is 0 Å². The van der Waals surface area contributed by atoms with Crippen molar-refractivity contribution >= 4 is 33.2 Å². The van der Waals surface area contributed by atoms with Gasteiger partial charge in [0.2, 0.25) is 0 Å². The van der Waals surface area contributed by atoms with Crippen LogP contribution in [-0.2, 0) is 10.0 Å². The van der Waals surface area contributed by atoms with Crippen molar-refractivity contribution in [2.45, 2.75) is 17.9 Å². The molecule has 1 atom stereocenters. The quantitative estimate of drug-likeness (QED) is 0.617. The molecule has 1 amide bonds. The van der Waals surface area contributed by atoms with Gasteiger partial charge in [0.1, 0.15) is 0 Å². The molecular weight excluding hydrogens is 396 g/mol. The van der Waals surface area contributed by atoms with Crippen LogP contribution in [0.2, 0.25) is 5.02 Å². The molecule has 3 aromatic carbocycles. The smallest absolute Gasteiger partial charge is 0.261 e. The van der Waals surface area contributed by atoms with E-state index in [-0.39, 0.29) is 16.8 Å². The van der Waals surface area contributed by atoms with E-state index in [1.165, 1.54) is 18.2 Å². The van der Waals surface area contributed by atoms with Gasteiger partial charge in [-0.05, 0) is 48.9 Å². The van der Waals surface area contributed by atoms with Crippen molar-refractivity contribution in [1.82, 2.24) is 5.32 Å². The second-order valence-electron chi connectivity index (χ2n) is 6.22. The summed E-state index contributed by atoms with van der Waals surface area (Å²) in [5.41, 5.74) is 1.45. The van der Waals surface area contributed by atoms with Crippen molar-refractivity contribution < 1.29 is 13.2 Å². The minimum atomic E-state index is -3.73.